The minimum absolute atomic E-state index is 0.840. The van der Waals surface area contributed by atoms with E-state index in [9.17, 15) is 0 Å². The number of hydrogen-bond donors (Lipinski definition) is 1. The van der Waals surface area contributed by atoms with Gasteiger partial charge in [0.1, 0.15) is 0 Å². The van der Waals surface area contributed by atoms with Gasteiger partial charge in [-0.05, 0) is 50.5 Å². The fraction of sp³-hybridized carbons (Fsp3) is 0.0952. The molecule has 2 nitrogen and oxygen atoms in total. The Labute approximate surface area is 145 Å². The molecule has 2 aromatic heterocycles. The molecule has 118 valence electrons. The molecule has 0 radical (unpaired) electrons. The molecule has 0 fully saturated rings. The Hall–Kier alpha value is -2.49. The van der Waals surface area contributed by atoms with Crippen LogP contribution in [0.2, 0.25) is 0 Å². The Bertz CT molecular complexity index is 931. The maximum atomic E-state index is 4.34. The van der Waals surface area contributed by atoms with Gasteiger partial charge in [-0.15, -0.1) is 0 Å². The summed E-state index contributed by atoms with van der Waals surface area (Å²) in [4.78, 5) is 4.34. The summed E-state index contributed by atoms with van der Waals surface area (Å²) >= 11 is 1.74. The van der Waals surface area contributed by atoms with Crippen LogP contribution in [-0.4, -0.2) is 4.98 Å². The van der Waals surface area contributed by atoms with Crippen molar-refractivity contribution in [2.45, 2.75) is 13.1 Å². The van der Waals surface area contributed by atoms with Crippen LogP contribution < -0.4 is 5.32 Å². The van der Waals surface area contributed by atoms with Crippen LogP contribution >= 0.6 is 11.3 Å². The Morgan fingerprint density at radius 3 is 2.62 bits per heavy atom. The molecule has 0 atom stereocenters. The lowest BCUT2D eigenvalue weighted by molar-refractivity contribution is 0.698. The summed E-state index contributed by atoms with van der Waals surface area (Å²) in [6.45, 7) is 1.73. The van der Waals surface area contributed by atoms with Gasteiger partial charge in [0.2, 0.25) is 0 Å². The topological polar surface area (TPSA) is 24.9 Å². The van der Waals surface area contributed by atoms with Gasteiger partial charge in [0, 0.05) is 30.9 Å². The molecular weight excluding hydrogens is 312 g/mol. The summed E-state index contributed by atoms with van der Waals surface area (Å²) in [6.07, 6.45) is 3.85. The first-order valence-corrected chi connectivity index (χ1v) is 8.99. The van der Waals surface area contributed by atoms with Crippen LogP contribution in [0.3, 0.4) is 0 Å². The van der Waals surface area contributed by atoms with Crippen molar-refractivity contribution in [3.05, 3.63) is 88.9 Å². The van der Waals surface area contributed by atoms with E-state index in [2.05, 4.69) is 75.7 Å². The zero-order valence-electron chi connectivity index (χ0n) is 13.3. The first-order valence-electron chi connectivity index (χ1n) is 8.04. The number of rotatable bonds is 5. The van der Waals surface area contributed by atoms with E-state index in [0.29, 0.717) is 0 Å². The number of nitrogens with one attached hydrogen (secondary N) is 1. The molecule has 24 heavy (non-hydrogen) atoms. The van der Waals surface area contributed by atoms with Crippen molar-refractivity contribution in [3.63, 3.8) is 0 Å². The molecule has 0 bridgehead atoms. The summed E-state index contributed by atoms with van der Waals surface area (Å²) in [7, 11) is 0. The maximum absolute atomic E-state index is 4.34. The van der Waals surface area contributed by atoms with Gasteiger partial charge in [-0.2, -0.15) is 11.3 Å². The highest BCUT2D eigenvalue weighted by Gasteiger charge is 2.07. The Morgan fingerprint density at radius 1 is 0.875 bits per heavy atom. The van der Waals surface area contributed by atoms with E-state index in [1.54, 1.807) is 11.3 Å². The predicted molar refractivity (Wildman–Crippen MR) is 102 cm³/mol. The number of thiophene rings is 1. The van der Waals surface area contributed by atoms with E-state index in [-0.39, 0.29) is 0 Å². The molecule has 0 saturated carbocycles. The number of benzene rings is 2. The molecule has 2 heterocycles. The number of nitrogens with zero attached hydrogens (tertiary/aromatic N) is 1. The van der Waals surface area contributed by atoms with Crippen molar-refractivity contribution in [3.8, 4) is 11.1 Å². The van der Waals surface area contributed by atoms with Gasteiger partial charge in [0.05, 0.1) is 0 Å². The second-order valence-corrected chi connectivity index (χ2v) is 6.57. The van der Waals surface area contributed by atoms with E-state index in [0.717, 1.165) is 13.1 Å². The molecule has 0 amide bonds. The molecule has 0 unspecified atom stereocenters. The Kier molecular flexibility index (Phi) is 4.36. The minimum atomic E-state index is 0.840. The number of aromatic nitrogens is 1. The molecule has 2 aromatic carbocycles. The monoisotopic (exact) mass is 330 g/mol. The lowest BCUT2D eigenvalue weighted by Crippen LogP contribution is -2.12. The fourth-order valence-corrected chi connectivity index (χ4v) is 3.68. The van der Waals surface area contributed by atoms with E-state index in [1.807, 2.05) is 12.4 Å². The smallest absolute Gasteiger partial charge is 0.0349 e. The summed E-state index contributed by atoms with van der Waals surface area (Å²) in [5.41, 5.74) is 5.12. The molecule has 0 aliphatic heterocycles. The zero-order chi connectivity index (χ0) is 16.2. The summed E-state index contributed by atoms with van der Waals surface area (Å²) in [5.74, 6) is 0. The summed E-state index contributed by atoms with van der Waals surface area (Å²) in [6, 6.07) is 19.2. The Morgan fingerprint density at radius 2 is 1.79 bits per heavy atom. The van der Waals surface area contributed by atoms with Crippen molar-refractivity contribution >= 4 is 22.1 Å². The third kappa shape index (κ3) is 3.09. The van der Waals surface area contributed by atoms with Gasteiger partial charge in [-0.25, -0.2) is 0 Å². The molecule has 0 saturated heterocycles. The third-order valence-electron chi connectivity index (χ3n) is 4.22. The van der Waals surface area contributed by atoms with Crippen molar-refractivity contribution in [2.75, 3.05) is 0 Å². The van der Waals surface area contributed by atoms with Crippen LogP contribution in [0, 0.1) is 0 Å². The first kappa shape index (κ1) is 15.1. The van der Waals surface area contributed by atoms with Gasteiger partial charge in [0.15, 0.2) is 0 Å². The standard InChI is InChI=1S/C21H18N2S/c1-2-4-17(5-3-1)19-7-6-18(21-14-22-10-8-20(19)21)13-23-12-16-9-11-24-15-16/h1-11,14-15,23H,12-13H2. The number of pyridine rings is 1. The van der Waals surface area contributed by atoms with Crippen LogP contribution in [0.5, 0.6) is 0 Å². The average Bonchev–Trinajstić information content (AvgIpc) is 3.16. The normalized spacial score (nSPS) is 11.0. The molecule has 0 aliphatic carbocycles. The molecule has 0 aliphatic rings. The van der Waals surface area contributed by atoms with Crippen LogP contribution in [0.1, 0.15) is 11.1 Å². The first-order chi connectivity index (χ1) is 11.9. The summed E-state index contributed by atoms with van der Waals surface area (Å²) < 4.78 is 0. The predicted octanol–water partition coefficient (Wildman–Crippen LogP) is 5.25. The van der Waals surface area contributed by atoms with Crippen LogP contribution in [-0.2, 0) is 13.1 Å². The van der Waals surface area contributed by atoms with Crippen LogP contribution in [0.4, 0.5) is 0 Å². The molecule has 4 rings (SSSR count). The number of hydrogen-bond acceptors (Lipinski definition) is 3. The van der Waals surface area contributed by atoms with Gasteiger partial charge in [-0.3, -0.25) is 4.98 Å². The second-order valence-electron chi connectivity index (χ2n) is 5.79. The molecule has 3 heteroatoms. The van der Waals surface area contributed by atoms with E-state index in [1.165, 1.54) is 33.0 Å². The van der Waals surface area contributed by atoms with Crippen molar-refractivity contribution in [1.82, 2.24) is 10.3 Å². The molecular formula is C21H18N2S. The average molecular weight is 330 g/mol. The van der Waals surface area contributed by atoms with Crippen LogP contribution in [0.15, 0.2) is 77.8 Å². The van der Waals surface area contributed by atoms with Crippen molar-refractivity contribution in [1.29, 1.82) is 0 Å². The van der Waals surface area contributed by atoms with Crippen molar-refractivity contribution in [2.24, 2.45) is 0 Å². The second kappa shape index (κ2) is 6.95. The Balaban J connectivity index is 1.65. The minimum Gasteiger partial charge on any atom is -0.309 e. The van der Waals surface area contributed by atoms with E-state index >= 15 is 0 Å². The highest BCUT2D eigenvalue weighted by Crippen LogP contribution is 2.30. The van der Waals surface area contributed by atoms with Gasteiger partial charge in [-0.1, -0.05) is 42.5 Å². The largest absolute Gasteiger partial charge is 0.309 e. The van der Waals surface area contributed by atoms with Crippen molar-refractivity contribution < 1.29 is 0 Å². The lowest BCUT2D eigenvalue weighted by Gasteiger charge is -2.12. The SMILES string of the molecule is c1ccc(-c2ccc(CNCc3ccsc3)c3cnccc23)cc1. The van der Waals surface area contributed by atoms with Gasteiger partial charge < -0.3 is 5.32 Å². The fourth-order valence-electron chi connectivity index (χ4n) is 3.01. The maximum Gasteiger partial charge on any atom is 0.0349 e. The summed E-state index contributed by atoms with van der Waals surface area (Å²) in [5, 5.41) is 10.3. The highest BCUT2D eigenvalue weighted by molar-refractivity contribution is 7.07. The van der Waals surface area contributed by atoms with E-state index < -0.39 is 0 Å². The number of fused-ring (bicyclic) bond motifs is 1. The third-order valence-corrected chi connectivity index (χ3v) is 4.95. The van der Waals surface area contributed by atoms with Crippen LogP contribution in [0.25, 0.3) is 21.9 Å². The highest BCUT2D eigenvalue weighted by atomic mass is 32.1. The molecule has 1 N–H and O–H groups in total. The quantitative estimate of drug-likeness (QED) is 0.540. The van der Waals surface area contributed by atoms with Gasteiger partial charge in [0.25, 0.3) is 0 Å². The zero-order valence-corrected chi connectivity index (χ0v) is 14.1. The molecule has 0 spiro atoms. The lowest BCUT2D eigenvalue weighted by atomic mass is 9.96. The van der Waals surface area contributed by atoms with E-state index in [4.69, 9.17) is 0 Å². The van der Waals surface area contributed by atoms with Gasteiger partial charge >= 0.3 is 0 Å². The molecule has 4 aromatic rings.